The largest absolute Gasteiger partial charge is 0.377 e. The minimum atomic E-state index is 0.744. The molecule has 1 unspecified atom stereocenters. The molecule has 1 heteroatoms. The Morgan fingerprint density at radius 2 is 2.08 bits per heavy atom. The van der Waals surface area contributed by atoms with Gasteiger partial charge in [-0.1, -0.05) is 26.8 Å². The highest BCUT2D eigenvalue weighted by Gasteiger charge is 2.22. The summed E-state index contributed by atoms with van der Waals surface area (Å²) in [6.07, 6.45) is 7.21. The first-order valence-electron chi connectivity index (χ1n) is 5.01. The lowest BCUT2D eigenvalue weighted by Crippen LogP contribution is -2.27. The molecule has 70 valence electrons. The van der Waals surface area contributed by atoms with Gasteiger partial charge in [-0.05, 0) is 30.9 Å². The second kappa shape index (κ2) is 3.97. The van der Waals surface area contributed by atoms with Crippen molar-refractivity contribution in [1.29, 1.82) is 0 Å². The second-order valence-electron chi connectivity index (χ2n) is 4.40. The fourth-order valence-corrected chi connectivity index (χ4v) is 1.85. The van der Waals surface area contributed by atoms with Crippen molar-refractivity contribution >= 4 is 0 Å². The molecule has 1 aliphatic rings. The first-order chi connectivity index (χ1) is 5.61. The predicted molar refractivity (Wildman–Crippen MR) is 53.9 cm³/mol. The summed E-state index contributed by atoms with van der Waals surface area (Å²) in [4.78, 5) is 2.35. The van der Waals surface area contributed by atoms with Crippen LogP contribution in [0.15, 0.2) is 12.3 Å². The zero-order valence-corrected chi connectivity index (χ0v) is 8.75. The van der Waals surface area contributed by atoms with Crippen LogP contribution in [0.25, 0.3) is 0 Å². The van der Waals surface area contributed by atoms with Crippen molar-refractivity contribution in [2.75, 3.05) is 7.05 Å². The lowest BCUT2D eigenvalue weighted by Gasteiger charge is -2.25. The van der Waals surface area contributed by atoms with Crippen LogP contribution in [-0.4, -0.2) is 18.0 Å². The van der Waals surface area contributed by atoms with E-state index in [1.807, 2.05) is 0 Å². The van der Waals surface area contributed by atoms with Crippen LogP contribution in [0, 0.1) is 11.8 Å². The Kier molecular flexibility index (Phi) is 3.19. The van der Waals surface area contributed by atoms with E-state index in [0.717, 1.165) is 17.9 Å². The molecule has 12 heavy (non-hydrogen) atoms. The Morgan fingerprint density at radius 1 is 1.42 bits per heavy atom. The maximum absolute atomic E-state index is 2.35. The minimum absolute atomic E-state index is 0.744. The van der Waals surface area contributed by atoms with Gasteiger partial charge in [0.15, 0.2) is 0 Å². The summed E-state index contributed by atoms with van der Waals surface area (Å²) in [5.74, 6) is 1.58. The molecular formula is C11H21N. The Bertz CT molecular complexity index is 148. The highest BCUT2D eigenvalue weighted by Crippen LogP contribution is 2.24. The summed E-state index contributed by atoms with van der Waals surface area (Å²) >= 11 is 0. The van der Waals surface area contributed by atoms with Gasteiger partial charge in [-0.15, -0.1) is 0 Å². The number of hydrogen-bond donors (Lipinski definition) is 0. The SMILES string of the molecule is CC(C)CCC1[C@@H](C)C=CN1C. The maximum Gasteiger partial charge on any atom is 0.0341 e. The lowest BCUT2D eigenvalue weighted by molar-refractivity contribution is 0.276. The summed E-state index contributed by atoms with van der Waals surface area (Å²) in [6, 6.07) is 0.757. The van der Waals surface area contributed by atoms with Crippen molar-refractivity contribution in [3.8, 4) is 0 Å². The molecule has 2 atom stereocenters. The average Bonchev–Trinajstić information content (AvgIpc) is 2.28. The summed E-state index contributed by atoms with van der Waals surface area (Å²) in [5, 5.41) is 0. The van der Waals surface area contributed by atoms with Crippen molar-refractivity contribution in [3.63, 3.8) is 0 Å². The van der Waals surface area contributed by atoms with E-state index in [1.54, 1.807) is 0 Å². The zero-order valence-electron chi connectivity index (χ0n) is 8.75. The molecule has 0 fully saturated rings. The Morgan fingerprint density at radius 3 is 2.50 bits per heavy atom. The van der Waals surface area contributed by atoms with E-state index in [0.29, 0.717) is 0 Å². The number of rotatable bonds is 3. The molecule has 1 nitrogen and oxygen atoms in total. The highest BCUT2D eigenvalue weighted by molar-refractivity contribution is 5.01. The molecule has 0 saturated heterocycles. The van der Waals surface area contributed by atoms with Crippen LogP contribution in [0.2, 0.25) is 0 Å². The Hall–Kier alpha value is -0.460. The van der Waals surface area contributed by atoms with Crippen LogP contribution in [0.3, 0.4) is 0 Å². The molecule has 0 N–H and O–H groups in total. The monoisotopic (exact) mass is 167 g/mol. The smallest absolute Gasteiger partial charge is 0.0341 e. The molecule has 0 aromatic heterocycles. The van der Waals surface area contributed by atoms with E-state index < -0.39 is 0 Å². The molecule has 0 saturated carbocycles. The molecular weight excluding hydrogens is 146 g/mol. The van der Waals surface area contributed by atoms with Gasteiger partial charge in [0.25, 0.3) is 0 Å². The lowest BCUT2D eigenvalue weighted by atomic mass is 9.96. The van der Waals surface area contributed by atoms with Gasteiger partial charge < -0.3 is 4.90 Å². The van der Waals surface area contributed by atoms with Gasteiger partial charge in [0.1, 0.15) is 0 Å². The first kappa shape index (κ1) is 9.63. The molecule has 1 heterocycles. The number of hydrogen-bond acceptors (Lipinski definition) is 1. The Labute approximate surface area is 76.5 Å². The van der Waals surface area contributed by atoms with Gasteiger partial charge in [0, 0.05) is 13.1 Å². The third-order valence-corrected chi connectivity index (χ3v) is 2.79. The molecule has 0 spiro atoms. The van der Waals surface area contributed by atoms with E-state index in [4.69, 9.17) is 0 Å². The standard InChI is InChI=1S/C11H21N/c1-9(2)5-6-11-10(3)7-8-12(11)4/h7-11H,5-6H2,1-4H3/t10-,11?/m0/s1. The Balaban J connectivity index is 2.32. The first-order valence-corrected chi connectivity index (χ1v) is 5.01. The van der Waals surface area contributed by atoms with Gasteiger partial charge >= 0.3 is 0 Å². The van der Waals surface area contributed by atoms with Crippen molar-refractivity contribution < 1.29 is 0 Å². The van der Waals surface area contributed by atoms with Crippen LogP contribution in [0.5, 0.6) is 0 Å². The van der Waals surface area contributed by atoms with E-state index in [2.05, 4.69) is 45.0 Å². The van der Waals surface area contributed by atoms with Crippen LogP contribution in [0.4, 0.5) is 0 Å². The van der Waals surface area contributed by atoms with Crippen LogP contribution in [0.1, 0.15) is 33.6 Å². The van der Waals surface area contributed by atoms with Crippen LogP contribution < -0.4 is 0 Å². The predicted octanol–water partition coefficient (Wildman–Crippen LogP) is 2.89. The third-order valence-electron chi connectivity index (χ3n) is 2.79. The molecule has 0 aliphatic carbocycles. The fraction of sp³-hybridized carbons (Fsp3) is 0.818. The quantitative estimate of drug-likeness (QED) is 0.624. The second-order valence-corrected chi connectivity index (χ2v) is 4.40. The third kappa shape index (κ3) is 2.26. The van der Waals surface area contributed by atoms with Gasteiger partial charge in [0.2, 0.25) is 0 Å². The molecule has 0 radical (unpaired) electrons. The van der Waals surface area contributed by atoms with Crippen molar-refractivity contribution in [3.05, 3.63) is 12.3 Å². The maximum atomic E-state index is 2.35. The summed E-state index contributed by atoms with van der Waals surface area (Å²) in [7, 11) is 2.19. The number of nitrogens with zero attached hydrogens (tertiary/aromatic N) is 1. The van der Waals surface area contributed by atoms with Crippen molar-refractivity contribution in [2.45, 2.75) is 39.7 Å². The van der Waals surface area contributed by atoms with E-state index in [9.17, 15) is 0 Å². The molecule has 1 aliphatic heterocycles. The molecule has 1 rings (SSSR count). The molecule has 0 amide bonds. The van der Waals surface area contributed by atoms with Crippen molar-refractivity contribution in [2.24, 2.45) is 11.8 Å². The zero-order chi connectivity index (χ0) is 9.14. The fourth-order valence-electron chi connectivity index (χ4n) is 1.85. The van der Waals surface area contributed by atoms with E-state index in [-0.39, 0.29) is 0 Å². The van der Waals surface area contributed by atoms with Gasteiger partial charge in [-0.3, -0.25) is 0 Å². The summed E-state index contributed by atoms with van der Waals surface area (Å²) < 4.78 is 0. The van der Waals surface area contributed by atoms with Crippen molar-refractivity contribution in [1.82, 2.24) is 4.90 Å². The van der Waals surface area contributed by atoms with E-state index >= 15 is 0 Å². The van der Waals surface area contributed by atoms with Gasteiger partial charge in [0.05, 0.1) is 0 Å². The topological polar surface area (TPSA) is 3.24 Å². The normalized spacial score (nSPS) is 28.9. The van der Waals surface area contributed by atoms with E-state index in [1.165, 1.54) is 12.8 Å². The average molecular weight is 167 g/mol. The van der Waals surface area contributed by atoms with Gasteiger partial charge in [-0.25, -0.2) is 0 Å². The molecule has 0 aromatic rings. The molecule has 0 aromatic carbocycles. The summed E-state index contributed by atoms with van der Waals surface area (Å²) in [5.41, 5.74) is 0. The van der Waals surface area contributed by atoms with Crippen LogP contribution in [-0.2, 0) is 0 Å². The minimum Gasteiger partial charge on any atom is -0.377 e. The van der Waals surface area contributed by atoms with Crippen LogP contribution >= 0.6 is 0 Å². The van der Waals surface area contributed by atoms with Gasteiger partial charge in [-0.2, -0.15) is 0 Å². The molecule has 0 bridgehead atoms. The summed E-state index contributed by atoms with van der Waals surface area (Å²) in [6.45, 7) is 6.91. The highest BCUT2D eigenvalue weighted by atomic mass is 15.1.